The van der Waals surface area contributed by atoms with Crippen LogP contribution in [0.15, 0.2) is 18.2 Å². The summed E-state index contributed by atoms with van der Waals surface area (Å²) in [6.45, 7) is 2.05. The Kier molecular flexibility index (Phi) is 4.52. The molecule has 4 aliphatic rings. The second-order valence-corrected chi connectivity index (χ2v) is 8.29. The Morgan fingerprint density at radius 1 is 1.16 bits per heavy atom. The third-order valence-corrected chi connectivity index (χ3v) is 6.61. The highest BCUT2D eigenvalue weighted by molar-refractivity contribution is 5.48. The van der Waals surface area contributed by atoms with Crippen LogP contribution in [0.5, 0.6) is 5.75 Å². The summed E-state index contributed by atoms with van der Waals surface area (Å²) in [4.78, 5) is 0. The molecule has 0 aromatic heterocycles. The second-order valence-electron chi connectivity index (χ2n) is 8.29. The largest absolute Gasteiger partial charge is 0.467 e. The van der Waals surface area contributed by atoms with Gasteiger partial charge in [-0.05, 0) is 80.8 Å². The SMILES string of the molecule is C#Cc1ccc(C23CC4CC(CC(C4)C2)C3)c(OCOC(C)OC)c1. The molecule has 3 nitrogen and oxygen atoms in total. The Morgan fingerprint density at radius 2 is 1.80 bits per heavy atom. The Labute approximate surface area is 151 Å². The van der Waals surface area contributed by atoms with E-state index in [2.05, 4.69) is 18.1 Å². The van der Waals surface area contributed by atoms with E-state index in [0.29, 0.717) is 0 Å². The molecule has 0 aliphatic heterocycles. The molecule has 3 heteroatoms. The zero-order valence-electron chi connectivity index (χ0n) is 15.3. The van der Waals surface area contributed by atoms with Gasteiger partial charge in [-0.2, -0.15) is 0 Å². The van der Waals surface area contributed by atoms with E-state index in [9.17, 15) is 0 Å². The van der Waals surface area contributed by atoms with E-state index in [0.717, 1.165) is 29.1 Å². The molecular weight excluding hydrogens is 312 g/mol. The van der Waals surface area contributed by atoms with E-state index >= 15 is 0 Å². The van der Waals surface area contributed by atoms with Gasteiger partial charge in [0, 0.05) is 18.2 Å². The van der Waals surface area contributed by atoms with Gasteiger partial charge in [0.2, 0.25) is 0 Å². The Hall–Kier alpha value is -1.50. The maximum Gasteiger partial charge on any atom is 0.191 e. The van der Waals surface area contributed by atoms with Crippen molar-refractivity contribution in [2.45, 2.75) is 57.2 Å². The number of hydrogen-bond acceptors (Lipinski definition) is 3. The number of terminal acetylenes is 1. The molecule has 5 rings (SSSR count). The molecule has 4 aliphatic carbocycles. The number of methoxy groups -OCH3 is 1. The molecule has 0 radical (unpaired) electrons. The maximum absolute atomic E-state index is 6.04. The summed E-state index contributed by atoms with van der Waals surface area (Å²) < 4.78 is 16.7. The molecule has 4 saturated carbocycles. The second kappa shape index (κ2) is 6.67. The lowest BCUT2D eigenvalue weighted by Gasteiger charge is -2.57. The molecule has 25 heavy (non-hydrogen) atoms. The van der Waals surface area contributed by atoms with Crippen LogP contribution in [0, 0.1) is 30.1 Å². The molecule has 1 unspecified atom stereocenters. The van der Waals surface area contributed by atoms with E-state index < -0.39 is 0 Å². The molecule has 1 aromatic rings. The minimum atomic E-state index is -0.279. The van der Waals surface area contributed by atoms with Crippen LogP contribution in [0.4, 0.5) is 0 Å². The molecule has 4 bridgehead atoms. The summed E-state index contributed by atoms with van der Waals surface area (Å²) in [6.07, 6.45) is 13.6. The molecule has 0 spiro atoms. The number of benzene rings is 1. The quantitative estimate of drug-likeness (QED) is 0.564. The monoisotopic (exact) mass is 340 g/mol. The topological polar surface area (TPSA) is 27.7 Å². The number of rotatable bonds is 6. The molecule has 0 heterocycles. The summed E-state index contributed by atoms with van der Waals surface area (Å²) in [6, 6.07) is 6.30. The van der Waals surface area contributed by atoms with Crippen molar-refractivity contribution in [3.05, 3.63) is 29.3 Å². The molecule has 4 fully saturated rings. The maximum atomic E-state index is 6.04. The van der Waals surface area contributed by atoms with Crippen LogP contribution >= 0.6 is 0 Å². The van der Waals surface area contributed by atoms with E-state index in [1.54, 1.807) is 7.11 Å². The van der Waals surface area contributed by atoms with Gasteiger partial charge in [-0.15, -0.1) is 6.42 Å². The standard InChI is InChI=1S/C22H28O3/c1-4-16-5-6-20(21(10-16)25-14-24-15(2)23-3)22-11-17-7-18(12-22)9-19(8-17)13-22/h1,5-6,10,15,17-19H,7-9,11-14H2,2-3H3. The molecule has 0 saturated heterocycles. The first kappa shape index (κ1) is 16.9. The van der Waals surface area contributed by atoms with Crippen LogP contribution in [-0.4, -0.2) is 20.2 Å². The Bertz CT molecular complexity index is 637. The van der Waals surface area contributed by atoms with Crippen molar-refractivity contribution >= 4 is 0 Å². The smallest absolute Gasteiger partial charge is 0.191 e. The first-order valence-electron chi connectivity index (χ1n) is 9.50. The fraction of sp³-hybridized carbons (Fsp3) is 0.636. The van der Waals surface area contributed by atoms with Gasteiger partial charge in [-0.25, -0.2) is 0 Å². The summed E-state index contributed by atoms with van der Waals surface area (Å²) in [5.41, 5.74) is 2.49. The van der Waals surface area contributed by atoms with Gasteiger partial charge in [-0.3, -0.25) is 0 Å². The Morgan fingerprint density at radius 3 is 2.36 bits per heavy atom. The van der Waals surface area contributed by atoms with Gasteiger partial charge in [0.05, 0.1) is 0 Å². The predicted octanol–water partition coefficient (Wildman–Crippen LogP) is 4.48. The van der Waals surface area contributed by atoms with Crippen molar-refractivity contribution in [1.82, 2.24) is 0 Å². The molecular formula is C22H28O3. The van der Waals surface area contributed by atoms with Gasteiger partial charge in [0.15, 0.2) is 13.1 Å². The lowest BCUT2D eigenvalue weighted by molar-refractivity contribution is -0.150. The van der Waals surface area contributed by atoms with Crippen LogP contribution < -0.4 is 4.74 Å². The van der Waals surface area contributed by atoms with Gasteiger partial charge >= 0.3 is 0 Å². The van der Waals surface area contributed by atoms with Crippen molar-refractivity contribution in [2.24, 2.45) is 17.8 Å². The summed E-state index contributed by atoms with van der Waals surface area (Å²) >= 11 is 0. The average molecular weight is 340 g/mol. The third kappa shape index (κ3) is 3.18. The Balaban J connectivity index is 1.61. The van der Waals surface area contributed by atoms with Crippen LogP contribution in [0.25, 0.3) is 0 Å². The van der Waals surface area contributed by atoms with Crippen molar-refractivity contribution < 1.29 is 14.2 Å². The molecule has 134 valence electrons. The van der Waals surface area contributed by atoms with Crippen LogP contribution in [0.2, 0.25) is 0 Å². The van der Waals surface area contributed by atoms with Gasteiger partial charge in [-0.1, -0.05) is 12.0 Å². The van der Waals surface area contributed by atoms with Crippen molar-refractivity contribution in [1.29, 1.82) is 0 Å². The first-order valence-corrected chi connectivity index (χ1v) is 9.50. The zero-order chi connectivity index (χ0) is 17.4. The average Bonchev–Trinajstić information content (AvgIpc) is 2.60. The van der Waals surface area contributed by atoms with Crippen molar-refractivity contribution in [3.63, 3.8) is 0 Å². The van der Waals surface area contributed by atoms with Gasteiger partial charge < -0.3 is 14.2 Å². The number of hydrogen-bond donors (Lipinski definition) is 0. The van der Waals surface area contributed by atoms with E-state index in [1.807, 2.05) is 13.0 Å². The zero-order valence-corrected chi connectivity index (χ0v) is 15.3. The fourth-order valence-electron chi connectivity index (χ4n) is 5.87. The predicted molar refractivity (Wildman–Crippen MR) is 97.3 cm³/mol. The fourth-order valence-corrected chi connectivity index (χ4v) is 5.87. The van der Waals surface area contributed by atoms with Crippen LogP contribution in [-0.2, 0) is 14.9 Å². The minimum absolute atomic E-state index is 0.183. The number of ether oxygens (including phenoxy) is 3. The molecule has 0 amide bonds. The normalized spacial score (nSPS) is 33.9. The highest BCUT2D eigenvalue weighted by Gasteiger charge is 2.52. The van der Waals surface area contributed by atoms with E-state index in [-0.39, 0.29) is 18.5 Å². The molecule has 1 atom stereocenters. The highest BCUT2D eigenvalue weighted by atomic mass is 16.7. The van der Waals surface area contributed by atoms with Crippen LogP contribution in [0.1, 0.15) is 56.6 Å². The lowest BCUT2D eigenvalue weighted by atomic mass is 9.48. The van der Waals surface area contributed by atoms with Crippen molar-refractivity contribution in [2.75, 3.05) is 13.9 Å². The third-order valence-electron chi connectivity index (χ3n) is 6.61. The van der Waals surface area contributed by atoms with Gasteiger partial charge in [0.1, 0.15) is 5.75 Å². The summed E-state index contributed by atoms with van der Waals surface area (Å²) in [7, 11) is 1.63. The first-order chi connectivity index (χ1) is 12.1. The highest BCUT2D eigenvalue weighted by Crippen LogP contribution is 2.61. The molecule has 0 N–H and O–H groups in total. The lowest BCUT2D eigenvalue weighted by Crippen LogP contribution is -2.48. The van der Waals surface area contributed by atoms with E-state index in [4.69, 9.17) is 20.6 Å². The summed E-state index contributed by atoms with van der Waals surface area (Å²) in [5.74, 6) is 6.33. The molecule has 1 aromatic carbocycles. The van der Waals surface area contributed by atoms with Crippen molar-refractivity contribution in [3.8, 4) is 18.1 Å². The van der Waals surface area contributed by atoms with E-state index in [1.165, 1.54) is 44.1 Å². The summed E-state index contributed by atoms with van der Waals surface area (Å²) in [5, 5.41) is 0. The minimum Gasteiger partial charge on any atom is -0.467 e. The van der Waals surface area contributed by atoms with Crippen LogP contribution in [0.3, 0.4) is 0 Å². The van der Waals surface area contributed by atoms with Gasteiger partial charge in [0.25, 0.3) is 0 Å².